The minimum atomic E-state index is -0.509. The number of benzene rings is 2. The molecule has 7 heteroatoms. The van der Waals surface area contributed by atoms with Crippen LogP contribution in [0.15, 0.2) is 36.4 Å². The topological polar surface area (TPSA) is 75.2 Å². The van der Waals surface area contributed by atoms with Gasteiger partial charge in [0.15, 0.2) is 0 Å². The van der Waals surface area contributed by atoms with Crippen LogP contribution in [0.25, 0.3) is 11.0 Å². The molecule has 1 N–H and O–H groups in total. The van der Waals surface area contributed by atoms with E-state index in [0.717, 1.165) is 28.2 Å². The summed E-state index contributed by atoms with van der Waals surface area (Å²) in [5.41, 5.74) is 6.72. The van der Waals surface area contributed by atoms with Crippen molar-refractivity contribution in [3.8, 4) is 0 Å². The number of amides is 2. The summed E-state index contributed by atoms with van der Waals surface area (Å²) < 4.78 is 0. The van der Waals surface area contributed by atoms with Crippen molar-refractivity contribution in [1.29, 1.82) is 0 Å². The third-order valence-corrected chi connectivity index (χ3v) is 6.55. The van der Waals surface area contributed by atoms with Gasteiger partial charge in [0, 0.05) is 17.0 Å². The summed E-state index contributed by atoms with van der Waals surface area (Å²) in [5, 5.41) is 2.96. The highest BCUT2D eigenvalue weighted by Crippen LogP contribution is 2.26. The van der Waals surface area contributed by atoms with Crippen LogP contribution < -0.4 is 5.32 Å². The van der Waals surface area contributed by atoms with Gasteiger partial charge in [-0.2, -0.15) is 0 Å². The van der Waals surface area contributed by atoms with E-state index in [4.69, 9.17) is 0 Å². The number of carbonyl (C=O) groups excluding carboxylic acids is 2. The third-order valence-electron chi connectivity index (χ3n) is 5.54. The molecule has 1 aromatic heterocycles. The Labute approximate surface area is 180 Å². The van der Waals surface area contributed by atoms with E-state index in [0.29, 0.717) is 22.7 Å². The van der Waals surface area contributed by atoms with Crippen LogP contribution in [0.2, 0.25) is 0 Å². The molecule has 3 aromatic rings. The molecule has 1 saturated heterocycles. The maximum absolute atomic E-state index is 13.2. The second-order valence-corrected chi connectivity index (χ2v) is 8.68. The number of hydrogen-bond donors (Lipinski definition) is 1. The maximum Gasteiger partial charge on any atom is 0.255 e. The number of nitrogens with zero attached hydrogens (tertiary/aromatic N) is 3. The van der Waals surface area contributed by atoms with E-state index in [1.807, 2.05) is 52.0 Å². The van der Waals surface area contributed by atoms with Crippen LogP contribution in [-0.4, -0.2) is 44.4 Å². The van der Waals surface area contributed by atoms with Crippen molar-refractivity contribution in [2.45, 2.75) is 33.7 Å². The Balaban J connectivity index is 1.55. The number of hydrogen-bond acceptors (Lipinski definition) is 5. The summed E-state index contributed by atoms with van der Waals surface area (Å²) in [6.07, 6.45) is 0. The second kappa shape index (κ2) is 8.07. The summed E-state index contributed by atoms with van der Waals surface area (Å²) >= 11 is 1.58. The largest absolute Gasteiger partial charge is 0.324 e. The summed E-state index contributed by atoms with van der Waals surface area (Å²) in [6.45, 7) is 7.87. The highest BCUT2D eigenvalue weighted by molar-refractivity contribution is 7.99. The van der Waals surface area contributed by atoms with Gasteiger partial charge in [-0.05, 0) is 69.2 Å². The average Bonchev–Trinajstić information content (AvgIpc) is 3.21. The van der Waals surface area contributed by atoms with Gasteiger partial charge in [0.05, 0.1) is 28.3 Å². The molecule has 30 heavy (non-hydrogen) atoms. The molecule has 1 fully saturated rings. The Morgan fingerprint density at radius 2 is 1.70 bits per heavy atom. The van der Waals surface area contributed by atoms with E-state index in [9.17, 15) is 9.59 Å². The van der Waals surface area contributed by atoms with E-state index in [1.54, 1.807) is 28.8 Å². The van der Waals surface area contributed by atoms with Gasteiger partial charge in [0.1, 0.15) is 6.04 Å². The Bertz CT molecular complexity index is 1160. The SMILES string of the molecule is Cc1ccc(NC(=O)C2CSCN2C(=O)c2ccc3nc(C)c(C)nc3c2)cc1C. The molecule has 4 rings (SSSR count). The molecule has 0 bridgehead atoms. The average molecular weight is 421 g/mol. The van der Waals surface area contributed by atoms with Crippen LogP contribution in [0.3, 0.4) is 0 Å². The molecule has 0 aliphatic carbocycles. The molecular formula is C23H24N4O2S. The Kier molecular flexibility index (Phi) is 5.47. The molecule has 1 aliphatic heterocycles. The third kappa shape index (κ3) is 3.89. The van der Waals surface area contributed by atoms with Gasteiger partial charge in [0.25, 0.3) is 5.91 Å². The summed E-state index contributed by atoms with van der Waals surface area (Å²) in [7, 11) is 0. The number of anilines is 1. The molecule has 0 radical (unpaired) electrons. The molecule has 1 unspecified atom stereocenters. The number of carbonyl (C=O) groups is 2. The number of fused-ring (bicyclic) bond motifs is 1. The lowest BCUT2D eigenvalue weighted by Crippen LogP contribution is -2.44. The van der Waals surface area contributed by atoms with Crippen LogP contribution in [0.1, 0.15) is 32.9 Å². The van der Waals surface area contributed by atoms with Crippen molar-refractivity contribution < 1.29 is 9.59 Å². The van der Waals surface area contributed by atoms with Gasteiger partial charge in [0.2, 0.25) is 5.91 Å². The molecule has 2 heterocycles. The second-order valence-electron chi connectivity index (χ2n) is 7.68. The first-order valence-electron chi connectivity index (χ1n) is 9.85. The predicted octanol–water partition coefficient (Wildman–Crippen LogP) is 4.02. The minimum absolute atomic E-state index is 0.163. The standard InChI is InChI=1S/C23H24N4O2S/c1-13-5-7-18(9-14(13)2)26-22(28)21-11-30-12-27(21)23(29)17-6-8-19-20(10-17)25-16(4)15(3)24-19/h5-10,21H,11-12H2,1-4H3,(H,26,28). The number of nitrogens with one attached hydrogen (secondary N) is 1. The lowest BCUT2D eigenvalue weighted by Gasteiger charge is -2.23. The van der Waals surface area contributed by atoms with E-state index >= 15 is 0 Å². The first-order chi connectivity index (χ1) is 14.3. The summed E-state index contributed by atoms with van der Waals surface area (Å²) in [5.74, 6) is 0.736. The maximum atomic E-state index is 13.2. The van der Waals surface area contributed by atoms with Crippen LogP contribution in [0, 0.1) is 27.7 Å². The van der Waals surface area contributed by atoms with E-state index in [-0.39, 0.29) is 11.8 Å². The fraction of sp³-hybridized carbons (Fsp3) is 0.304. The highest BCUT2D eigenvalue weighted by atomic mass is 32.2. The number of thioether (sulfide) groups is 1. The lowest BCUT2D eigenvalue weighted by molar-refractivity contribution is -0.119. The zero-order valence-corrected chi connectivity index (χ0v) is 18.3. The monoisotopic (exact) mass is 420 g/mol. The van der Waals surface area contributed by atoms with Crippen molar-refractivity contribution >= 4 is 40.3 Å². The molecule has 1 atom stereocenters. The minimum Gasteiger partial charge on any atom is -0.324 e. The van der Waals surface area contributed by atoms with Crippen LogP contribution in [-0.2, 0) is 4.79 Å². The van der Waals surface area contributed by atoms with Crippen LogP contribution in [0.4, 0.5) is 5.69 Å². The number of aromatic nitrogens is 2. The fourth-order valence-electron chi connectivity index (χ4n) is 3.43. The first kappa shape index (κ1) is 20.3. The quantitative estimate of drug-likeness (QED) is 0.693. The van der Waals surface area contributed by atoms with Gasteiger partial charge >= 0.3 is 0 Å². The zero-order chi connectivity index (χ0) is 21.4. The van der Waals surface area contributed by atoms with Crippen molar-refractivity contribution in [2.75, 3.05) is 16.9 Å². The lowest BCUT2D eigenvalue weighted by atomic mass is 10.1. The normalized spacial score (nSPS) is 16.1. The van der Waals surface area contributed by atoms with Gasteiger partial charge in [-0.1, -0.05) is 6.07 Å². The zero-order valence-electron chi connectivity index (χ0n) is 17.5. The summed E-state index contributed by atoms with van der Waals surface area (Å²) in [4.78, 5) is 36.8. The van der Waals surface area contributed by atoms with Crippen LogP contribution in [0.5, 0.6) is 0 Å². The molecule has 6 nitrogen and oxygen atoms in total. The Morgan fingerprint density at radius 3 is 2.43 bits per heavy atom. The number of aryl methyl sites for hydroxylation is 4. The summed E-state index contributed by atoms with van der Waals surface area (Å²) in [6, 6.07) is 10.7. The van der Waals surface area contributed by atoms with E-state index < -0.39 is 6.04 Å². The van der Waals surface area contributed by atoms with Gasteiger partial charge < -0.3 is 10.2 Å². The van der Waals surface area contributed by atoms with Crippen molar-refractivity contribution in [1.82, 2.24) is 14.9 Å². The molecular weight excluding hydrogens is 396 g/mol. The van der Waals surface area contributed by atoms with E-state index in [2.05, 4.69) is 15.3 Å². The van der Waals surface area contributed by atoms with Crippen molar-refractivity contribution in [3.05, 3.63) is 64.5 Å². The highest BCUT2D eigenvalue weighted by Gasteiger charge is 2.35. The van der Waals surface area contributed by atoms with E-state index in [1.165, 1.54) is 5.56 Å². The first-order valence-corrected chi connectivity index (χ1v) is 11.0. The van der Waals surface area contributed by atoms with Gasteiger partial charge in [-0.3, -0.25) is 9.59 Å². The number of rotatable bonds is 3. The molecule has 2 amide bonds. The molecule has 0 saturated carbocycles. The smallest absolute Gasteiger partial charge is 0.255 e. The van der Waals surface area contributed by atoms with Crippen LogP contribution >= 0.6 is 11.8 Å². The molecule has 0 spiro atoms. The molecule has 154 valence electrons. The fourth-order valence-corrected chi connectivity index (χ4v) is 4.59. The molecule has 2 aromatic carbocycles. The Morgan fingerprint density at radius 1 is 0.967 bits per heavy atom. The predicted molar refractivity (Wildman–Crippen MR) is 121 cm³/mol. The Hall–Kier alpha value is -2.93. The van der Waals surface area contributed by atoms with Gasteiger partial charge in [-0.25, -0.2) is 9.97 Å². The molecule has 1 aliphatic rings. The van der Waals surface area contributed by atoms with Crippen molar-refractivity contribution in [2.24, 2.45) is 0 Å². The van der Waals surface area contributed by atoms with Crippen molar-refractivity contribution in [3.63, 3.8) is 0 Å². The van der Waals surface area contributed by atoms with Gasteiger partial charge in [-0.15, -0.1) is 11.8 Å².